The fourth-order valence-corrected chi connectivity index (χ4v) is 3.16. The van der Waals surface area contributed by atoms with Crippen LogP contribution in [-0.2, 0) is 4.79 Å². The van der Waals surface area contributed by atoms with Crippen molar-refractivity contribution in [2.24, 2.45) is 0 Å². The molecule has 0 aliphatic heterocycles. The van der Waals surface area contributed by atoms with Crippen LogP contribution in [0.4, 0.5) is 0 Å². The van der Waals surface area contributed by atoms with Crippen molar-refractivity contribution in [1.29, 1.82) is 0 Å². The molecule has 0 aliphatic rings. The van der Waals surface area contributed by atoms with E-state index in [0.717, 1.165) is 6.42 Å². The molecule has 0 aromatic heterocycles. The van der Waals surface area contributed by atoms with Gasteiger partial charge in [0, 0.05) is 0 Å². The van der Waals surface area contributed by atoms with E-state index < -0.39 is 12.0 Å². The summed E-state index contributed by atoms with van der Waals surface area (Å²) in [6, 6.07) is -0.494. The van der Waals surface area contributed by atoms with Crippen molar-refractivity contribution < 1.29 is 9.90 Å². The van der Waals surface area contributed by atoms with E-state index in [4.69, 9.17) is 5.11 Å². The van der Waals surface area contributed by atoms with Crippen LogP contribution in [0.25, 0.3) is 0 Å². The molecule has 148 valence electrons. The lowest BCUT2D eigenvalue weighted by atomic mass is 10.0. The molecule has 0 aromatic carbocycles. The standard InChI is InChI=1S/C22H43NO2/c1-4-5-6-7-8-9-10-11-12-13-14-15-16-17-18-19-20-21(22(24)25)23(2)3/h19-21H,4-18H2,1-3H3,(H,24,25). The van der Waals surface area contributed by atoms with Crippen molar-refractivity contribution in [1.82, 2.24) is 4.90 Å². The molecule has 0 spiro atoms. The first-order valence-corrected chi connectivity index (χ1v) is 10.7. The minimum Gasteiger partial charge on any atom is -0.480 e. The smallest absolute Gasteiger partial charge is 0.324 e. The van der Waals surface area contributed by atoms with Crippen LogP contribution in [0, 0.1) is 0 Å². The van der Waals surface area contributed by atoms with E-state index in [0.29, 0.717) is 0 Å². The minimum absolute atomic E-state index is 0.494. The van der Waals surface area contributed by atoms with E-state index in [1.54, 1.807) is 19.0 Å². The zero-order valence-electron chi connectivity index (χ0n) is 17.1. The molecule has 0 aromatic rings. The largest absolute Gasteiger partial charge is 0.480 e. The van der Waals surface area contributed by atoms with E-state index in [9.17, 15) is 4.79 Å². The molecule has 3 heteroatoms. The normalized spacial score (nSPS) is 13.0. The Kier molecular flexibility index (Phi) is 17.4. The van der Waals surface area contributed by atoms with Gasteiger partial charge in [0.05, 0.1) is 0 Å². The Morgan fingerprint density at radius 3 is 1.56 bits per heavy atom. The molecule has 1 unspecified atom stereocenters. The molecule has 0 aliphatic carbocycles. The fourth-order valence-electron chi connectivity index (χ4n) is 3.16. The van der Waals surface area contributed by atoms with E-state index in [1.165, 1.54) is 89.9 Å². The van der Waals surface area contributed by atoms with Gasteiger partial charge in [-0.2, -0.15) is 0 Å². The minimum atomic E-state index is -0.776. The Morgan fingerprint density at radius 1 is 0.800 bits per heavy atom. The number of carboxylic acid groups (broad SMARTS) is 1. The van der Waals surface area contributed by atoms with E-state index in [1.807, 2.05) is 12.2 Å². The summed E-state index contributed by atoms with van der Waals surface area (Å²) in [7, 11) is 3.60. The lowest BCUT2D eigenvalue weighted by Crippen LogP contribution is -2.33. The second kappa shape index (κ2) is 18.0. The van der Waals surface area contributed by atoms with Gasteiger partial charge in [-0.3, -0.25) is 9.69 Å². The topological polar surface area (TPSA) is 40.5 Å². The summed E-state index contributed by atoms with van der Waals surface area (Å²) in [5, 5.41) is 9.08. The Bertz CT molecular complexity index is 326. The van der Waals surface area contributed by atoms with Crippen LogP contribution in [0.1, 0.15) is 103 Å². The number of unbranched alkanes of at least 4 members (excludes halogenated alkanes) is 14. The van der Waals surface area contributed by atoms with Gasteiger partial charge in [-0.05, 0) is 26.9 Å². The van der Waals surface area contributed by atoms with E-state index >= 15 is 0 Å². The van der Waals surface area contributed by atoms with Crippen LogP contribution in [0.15, 0.2) is 12.2 Å². The summed E-state index contributed by atoms with van der Waals surface area (Å²) in [6.45, 7) is 2.27. The Labute approximate surface area is 156 Å². The highest BCUT2D eigenvalue weighted by atomic mass is 16.4. The second-order valence-electron chi connectivity index (χ2n) is 7.56. The summed E-state index contributed by atoms with van der Waals surface area (Å²) >= 11 is 0. The number of aliphatic carboxylic acids is 1. The van der Waals surface area contributed by atoms with E-state index in [2.05, 4.69) is 6.92 Å². The van der Waals surface area contributed by atoms with Gasteiger partial charge >= 0.3 is 5.97 Å². The average Bonchev–Trinajstić information content (AvgIpc) is 2.57. The van der Waals surface area contributed by atoms with Crippen molar-refractivity contribution in [3.05, 3.63) is 12.2 Å². The van der Waals surface area contributed by atoms with Crippen molar-refractivity contribution >= 4 is 5.97 Å². The highest BCUT2D eigenvalue weighted by Crippen LogP contribution is 2.13. The van der Waals surface area contributed by atoms with Crippen LogP contribution in [0.3, 0.4) is 0 Å². The lowest BCUT2D eigenvalue weighted by Gasteiger charge is -2.15. The molecule has 0 radical (unpaired) electrons. The van der Waals surface area contributed by atoms with Crippen molar-refractivity contribution in [3.63, 3.8) is 0 Å². The number of hydrogen-bond acceptors (Lipinski definition) is 2. The van der Waals surface area contributed by atoms with Gasteiger partial charge in [-0.25, -0.2) is 0 Å². The monoisotopic (exact) mass is 353 g/mol. The van der Waals surface area contributed by atoms with Crippen molar-refractivity contribution in [2.75, 3.05) is 14.1 Å². The quantitative estimate of drug-likeness (QED) is 0.228. The second-order valence-corrected chi connectivity index (χ2v) is 7.56. The number of rotatable bonds is 18. The molecule has 0 fully saturated rings. The highest BCUT2D eigenvalue weighted by molar-refractivity contribution is 5.75. The first kappa shape index (κ1) is 24.2. The summed E-state index contributed by atoms with van der Waals surface area (Å²) in [6.07, 6.45) is 24.1. The maximum atomic E-state index is 11.0. The van der Waals surface area contributed by atoms with Gasteiger partial charge in [-0.15, -0.1) is 0 Å². The SMILES string of the molecule is CCCCCCCCCCCCCCCCC=CC(C(=O)O)N(C)C. The molecule has 25 heavy (non-hydrogen) atoms. The van der Waals surface area contributed by atoms with Gasteiger partial charge in [0.25, 0.3) is 0 Å². The predicted molar refractivity (Wildman–Crippen MR) is 109 cm³/mol. The number of carboxylic acids is 1. The molecular weight excluding hydrogens is 310 g/mol. The van der Waals surface area contributed by atoms with Crippen molar-refractivity contribution in [3.8, 4) is 0 Å². The molecule has 0 saturated carbocycles. The number of allylic oxidation sites excluding steroid dienone is 1. The number of nitrogens with zero attached hydrogens (tertiary/aromatic N) is 1. The van der Waals surface area contributed by atoms with Crippen LogP contribution in [0.2, 0.25) is 0 Å². The highest BCUT2D eigenvalue weighted by Gasteiger charge is 2.15. The predicted octanol–water partition coefficient (Wildman–Crippen LogP) is 6.43. The summed E-state index contributed by atoms with van der Waals surface area (Å²) in [4.78, 5) is 12.8. The fraction of sp³-hybridized carbons (Fsp3) is 0.864. The van der Waals surface area contributed by atoms with Gasteiger partial charge < -0.3 is 5.11 Å². The zero-order valence-corrected chi connectivity index (χ0v) is 17.1. The third-order valence-electron chi connectivity index (χ3n) is 4.85. The maximum Gasteiger partial charge on any atom is 0.324 e. The number of carbonyl (C=O) groups is 1. The van der Waals surface area contributed by atoms with Crippen LogP contribution in [-0.4, -0.2) is 36.1 Å². The molecule has 0 rings (SSSR count). The molecule has 1 N–H and O–H groups in total. The van der Waals surface area contributed by atoms with Gasteiger partial charge in [-0.1, -0.05) is 103 Å². The third-order valence-corrected chi connectivity index (χ3v) is 4.85. The molecule has 0 bridgehead atoms. The van der Waals surface area contributed by atoms with Gasteiger partial charge in [0.1, 0.15) is 6.04 Å². The van der Waals surface area contributed by atoms with Gasteiger partial charge in [0.15, 0.2) is 0 Å². The Balaban J connectivity index is 3.30. The molecule has 0 saturated heterocycles. The molecular formula is C22H43NO2. The summed E-state index contributed by atoms with van der Waals surface area (Å²) in [5.41, 5.74) is 0. The summed E-state index contributed by atoms with van der Waals surface area (Å²) in [5.74, 6) is -0.776. The van der Waals surface area contributed by atoms with Gasteiger partial charge in [0.2, 0.25) is 0 Å². The lowest BCUT2D eigenvalue weighted by molar-refractivity contribution is -0.140. The summed E-state index contributed by atoms with van der Waals surface area (Å²) < 4.78 is 0. The Morgan fingerprint density at radius 2 is 1.20 bits per heavy atom. The first-order valence-electron chi connectivity index (χ1n) is 10.7. The van der Waals surface area contributed by atoms with E-state index in [-0.39, 0.29) is 0 Å². The third kappa shape index (κ3) is 16.4. The van der Waals surface area contributed by atoms with Crippen LogP contribution in [0.5, 0.6) is 0 Å². The molecule has 1 atom stereocenters. The molecule has 0 heterocycles. The van der Waals surface area contributed by atoms with Crippen molar-refractivity contribution in [2.45, 2.75) is 109 Å². The molecule has 0 amide bonds. The maximum absolute atomic E-state index is 11.0. The number of hydrogen-bond donors (Lipinski definition) is 1. The molecule has 3 nitrogen and oxygen atoms in total. The first-order chi connectivity index (χ1) is 12.1. The van der Waals surface area contributed by atoms with Crippen LogP contribution < -0.4 is 0 Å². The zero-order chi connectivity index (χ0) is 18.8. The Hall–Kier alpha value is -0.830. The van der Waals surface area contributed by atoms with Crippen LogP contribution >= 0.6 is 0 Å². The number of likely N-dealkylation sites (N-methyl/N-ethyl adjacent to an activating group) is 1. The average molecular weight is 354 g/mol.